The third kappa shape index (κ3) is 3.59. The molecule has 0 aromatic heterocycles. The molecule has 4 rings (SSSR count). The van der Waals surface area contributed by atoms with Crippen LogP contribution in [0.2, 0.25) is 18.1 Å². The number of hydrogen-bond acceptors (Lipinski definition) is 1. The number of hydrogen-bond donors (Lipinski definition) is 0. The van der Waals surface area contributed by atoms with Crippen molar-refractivity contribution in [1.29, 1.82) is 0 Å². The predicted molar refractivity (Wildman–Crippen MR) is 146 cm³/mol. The van der Waals surface area contributed by atoms with E-state index in [0.29, 0.717) is 10.1 Å². The maximum Gasteiger partial charge on any atom is 0.0791 e. The zero-order chi connectivity index (χ0) is 24.2. The van der Waals surface area contributed by atoms with Crippen LogP contribution in [0.3, 0.4) is 0 Å². The van der Waals surface area contributed by atoms with E-state index in [9.17, 15) is 0 Å². The van der Waals surface area contributed by atoms with Gasteiger partial charge in [0.05, 0.1) is 13.7 Å². The summed E-state index contributed by atoms with van der Waals surface area (Å²) in [7, 11) is -1.68. The molecule has 0 bridgehead atoms. The van der Waals surface area contributed by atoms with Gasteiger partial charge in [-0.05, 0) is 102 Å². The largest absolute Gasteiger partial charge is 0.376 e. The second-order valence-electron chi connectivity index (χ2n) is 12.5. The molecular weight excluding hydrogens is 416 g/mol. The van der Waals surface area contributed by atoms with Crippen LogP contribution in [0.5, 0.6) is 0 Å². The lowest BCUT2D eigenvalue weighted by Crippen LogP contribution is -2.70. The molecule has 1 fully saturated rings. The molecule has 2 heteroatoms. The van der Waals surface area contributed by atoms with E-state index in [2.05, 4.69) is 91.9 Å². The second-order valence-corrected chi connectivity index (χ2v) is 17.5. The van der Waals surface area contributed by atoms with Crippen LogP contribution in [-0.2, 0) is 9.78 Å². The molecule has 1 atom stereocenters. The molecule has 33 heavy (non-hydrogen) atoms. The summed E-state index contributed by atoms with van der Waals surface area (Å²) in [6, 6.07) is 9.38. The second kappa shape index (κ2) is 8.38. The summed E-state index contributed by atoms with van der Waals surface area (Å²) in [5.74, 6) is 0. The molecule has 0 radical (unpaired) electrons. The number of allylic oxidation sites excluding steroid dienone is 6. The molecule has 3 aliphatic rings. The lowest BCUT2D eigenvalue weighted by Gasteiger charge is -2.67. The molecular formula is C31H46OSi. The maximum absolute atomic E-state index is 5.89. The van der Waals surface area contributed by atoms with Crippen molar-refractivity contribution in [2.24, 2.45) is 0 Å². The van der Waals surface area contributed by atoms with Gasteiger partial charge in [-0.2, -0.15) is 0 Å². The predicted octanol–water partition coefficient (Wildman–Crippen LogP) is 9.17. The van der Waals surface area contributed by atoms with E-state index in [1.165, 1.54) is 38.5 Å². The van der Waals surface area contributed by atoms with Crippen molar-refractivity contribution >= 4 is 13.6 Å². The Labute approximate surface area is 204 Å². The SMILES string of the molecule is CC1=C(C)C2(CC3(C=C(CCCCCCOC(C)(C)C)c4ccccc43)[Si]2(C)C)C(C)=C1C. The van der Waals surface area contributed by atoms with E-state index in [1.54, 1.807) is 39.0 Å². The van der Waals surface area contributed by atoms with Crippen molar-refractivity contribution in [3.05, 3.63) is 63.8 Å². The van der Waals surface area contributed by atoms with E-state index >= 15 is 0 Å². The summed E-state index contributed by atoms with van der Waals surface area (Å²) in [4.78, 5) is 0. The zero-order valence-electron chi connectivity index (χ0n) is 22.7. The van der Waals surface area contributed by atoms with Gasteiger partial charge in [-0.25, -0.2) is 0 Å². The minimum atomic E-state index is -1.68. The molecule has 2 aliphatic carbocycles. The van der Waals surface area contributed by atoms with Crippen molar-refractivity contribution < 1.29 is 4.74 Å². The first-order chi connectivity index (χ1) is 15.4. The molecule has 1 nitrogen and oxygen atoms in total. The van der Waals surface area contributed by atoms with Crippen molar-refractivity contribution in [2.45, 2.75) is 116 Å². The lowest BCUT2D eigenvalue weighted by atomic mass is 9.80. The third-order valence-electron chi connectivity index (χ3n) is 9.74. The molecule has 1 aromatic rings. The Bertz CT molecular complexity index is 1010. The Kier molecular flexibility index (Phi) is 6.28. The standard InChI is InChI=1S/C31H46OSi/c1-22-23(2)25(4)31(24(22)3)21-30(33(31,8)9)20-26(27-17-13-14-18-28(27)30)16-12-10-11-15-19-32-29(5,6)7/h13-14,17-18,20H,10-12,15-16,19,21H2,1-9H3. The molecule has 1 heterocycles. The highest BCUT2D eigenvalue weighted by Gasteiger charge is 2.73. The first-order valence-electron chi connectivity index (χ1n) is 13.2. The Morgan fingerprint density at radius 1 is 0.879 bits per heavy atom. The molecule has 180 valence electrons. The molecule has 0 N–H and O–H groups in total. The molecule has 1 saturated heterocycles. The van der Waals surface area contributed by atoms with Gasteiger partial charge in [-0.3, -0.25) is 0 Å². The van der Waals surface area contributed by atoms with Crippen LogP contribution in [0.1, 0.15) is 98.1 Å². The van der Waals surface area contributed by atoms with Crippen molar-refractivity contribution in [3.63, 3.8) is 0 Å². The maximum atomic E-state index is 5.89. The molecule has 2 spiro atoms. The highest BCUT2D eigenvalue weighted by molar-refractivity contribution is 6.88. The fourth-order valence-electron chi connectivity index (χ4n) is 7.45. The van der Waals surface area contributed by atoms with Crippen molar-refractivity contribution in [2.75, 3.05) is 6.61 Å². The summed E-state index contributed by atoms with van der Waals surface area (Å²) in [6.45, 7) is 22.3. The average molecular weight is 463 g/mol. The van der Waals surface area contributed by atoms with E-state index in [4.69, 9.17) is 4.74 Å². The average Bonchev–Trinajstić information content (AvgIpc) is 3.17. The Balaban J connectivity index is 1.51. The smallest absolute Gasteiger partial charge is 0.0791 e. The highest BCUT2D eigenvalue weighted by Crippen LogP contribution is 2.77. The van der Waals surface area contributed by atoms with Gasteiger partial charge in [0, 0.05) is 16.7 Å². The van der Waals surface area contributed by atoms with Gasteiger partial charge in [-0.15, -0.1) is 0 Å². The quantitative estimate of drug-likeness (QED) is 0.290. The van der Waals surface area contributed by atoms with Crippen LogP contribution in [0.15, 0.2) is 52.6 Å². The number of fused-ring (bicyclic) bond motifs is 2. The minimum Gasteiger partial charge on any atom is -0.376 e. The molecule has 1 aliphatic heterocycles. The Morgan fingerprint density at radius 2 is 1.48 bits per heavy atom. The van der Waals surface area contributed by atoms with Crippen LogP contribution in [0.4, 0.5) is 0 Å². The van der Waals surface area contributed by atoms with Crippen molar-refractivity contribution in [1.82, 2.24) is 0 Å². The van der Waals surface area contributed by atoms with E-state index in [1.807, 2.05) is 0 Å². The number of ether oxygens (including phenoxy) is 1. The number of benzene rings is 1. The van der Waals surface area contributed by atoms with Crippen LogP contribution in [-0.4, -0.2) is 20.3 Å². The van der Waals surface area contributed by atoms with Crippen LogP contribution < -0.4 is 0 Å². The van der Waals surface area contributed by atoms with Crippen molar-refractivity contribution in [3.8, 4) is 0 Å². The Hall–Kier alpha value is -1.38. The summed E-state index contributed by atoms with van der Waals surface area (Å²) in [5, 5.41) is 0.653. The highest BCUT2D eigenvalue weighted by atomic mass is 28.3. The summed E-state index contributed by atoms with van der Waals surface area (Å²) in [5.41, 5.74) is 11.3. The fourth-order valence-corrected chi connectivity index (χ4v) is 13.0. The number of unbranched alkanes of at least 4 members (excludes halogenated alkanes) is 3. The van der Waals surface area contributed by atoms with Gasteiger partial charge < -0.3 is 4.74 Å². The topological polar surface area (TPSA) is 9.23 Å². The van der Waals surface area contributed by atoms with Gasteiger partial charge in [0.2, 0.25) is 0 Å². The van der Waals surface area contributed by atoms with Gasteiger partial charge in [0.25, 0.3) is 0 Å². The third-order valence-corrected chi connectivity index (χ3v) is 15.6. The minimum absolute atomic E-state index is 0.0129. The summed E-state index contributed by atoms with van der Waals surface area (Å²) in [6.07, 6.45) is 10.3. The normalized spacial score (nSPS) is 25.2. The monoisotopic (exact) mass is 462 g/mol. The molecule has 1 aromatic carbocycles. The van der Waals surface area contributed by atoms with Gasteiger partial charge in [-0.1, -0.05) is 67.4 Å². The summed E-state index contributed by atoms with van der Waals surface area (Å²) >= 11 is 0. The fraction of sp³-hybridized carbons (Fsp3) is 0.613. The van der Waals surface area contributed by atoms with Gasteiger partial charge >= 0.3 is 0 Å². The summed E-state index contributed by atoms with van der Waals surface area (Å²) < 4.78 is 5.89. The zero-order valence-corrected chi connectivity index (χ0v) is 23.7. The van der Waals surface area contributed by atoms with E-state index in [-0.39, 0.29) is 5.60 Å². The van der Waals surface area contributed by atoms with Gasteiger partial charge in [0.15, 0.2) is 0 Å². The Morgan fingerprint density at radius 3 is 2.09 bits per heavy atom. The molecule has 0 saturated carbocycles. The molecule has 1 unspecified atom stereocenters. The molecule has 0 amide bonds. The van der Waals surface area contributed by atoms with Crippen LogP contribution in [0.25, 0.3) is 5.57 Å². The van der Waals surface area contributed by atoms with E-state index < -0.39 is 8.07 Å². The first kappa shape index (κ1) is 24.7. The van der Waals surface area contributed by atoms with Crippen LogP contribution in [0, 0.1) is 0 Å². The van der Waals surface area contributed by atoms with E-state index in [0.717, 1.165) is 6.61 Å². The lowest BCUT2D eigenvalue weighted by molar-refractivity contribution is -0.00473. The first-order valence-corrected chi connectivity index (χ1v) is 16.2. The van der Waals surface area contributed by atoms with Crippen LogP contribution >= 0.6 is 0 Å². The number of rotatable bonds is 7. The van der Waals surface area contributed by atoms with Gasteiger partial charge in [0.1, 0.15) is 0 Å².